The van der Waals surface area contributed by atoms with Gasteiger partial charge in [0.2, 0.25) is 0 Å². The van der Waals surface area contributed by atoms with Crippen molar-refractivity contribution in [1.29, 1.82) is 0 Å². The van der Waals surface area contributed by atoms with Crippen molar-refractivity contribution in [1.82, 2.24) is 15.0 Å². The average Bonchev–Trinajstić information content (AvgIpc) is 3.37. The molecule has 7 rings (SSSR count). The molecule has 46 heavy (non-hydrogen) atoms. The van der Waals surface area contributed by atoms with Crippen molar-refractivity contribution in [2.45, 2.75) is 50.9 Å². The number of allylic oxidation sites excluding steroid dienone is 14. The summed E-state index contributed by atoms with van der Waals surface area (Å²) in [4.78, 5) is 14.9. The van der Waals surface area contributed by atoms with Crippen molar-refractivity contribution in [2.75, 3.05) is 0 Å². The highest BCUT2D eigenvalue weighted by molar-refractivity contribution is 5.76. The Morgan fingerprint density at radius 1 is 0.674 bits per heavy atom. The molecule has 1 aromatic heterocycles. The molecule has 0 saturated carbocycles. The minimum atomic E-state index is 0.0837. The quantitative estimate of drug-likeness (QED) is 0.230. The highest BCUT2D eigenvalue weighted by Gasteiger charge is 2.25. The van der Waals surface area contributed by atoms with Crippen LogP contribution in [0.15, 0.2) is 146 Å². The van der Waals surface area contributed by atoms with Crippen LogP contribution in [0.4, 0.5) is 0 Å². The zero-order valence-corrected chi connectivity index (χ0v) is 26.6. The highest BCUT2D eigenvalue weighted by Crippen LogP contribution is 2.39. The van der Waals surface area contributed by atoms with Gasteiger partial charge < -0.3 is 0 Å². The van der Waals surface area contributed by atoms with Crippen molar-refractivity contribution in [2.24, 2.45) is 0 Å². The molecule has 0 N–H and O–H groups in total. The Bertz CT molecular complexity index is 1960. The lowest BCUT2D eigenvalue weighted by molar-refractivity contribution is 0.529. The Balaban J connectivity index is 1.21. The average molecular weight is 598 g/mol. The van der Waals surface area contributed by atoms with Gasteiger partial charge in [-0.3, -0.25) is 0 Å². The normalized spacial score (nSPS) is 19.9. The van der Waals surface area contributed by atoms with E-state index in [1.54, 1.807) is 0 Å². The monoisotopic (exact) mass is 597 g/mol. The van der Waals surface area contributed by atoms with Crippen LogP contribution in [0, 0.1) is 0 Å². The van der Waals surface area contributed by atoms with Crippen LogP contribution in [0.3, 0.4) is 0 Å². The maximum absolute atomic E-state index is 5.01. The van der Waals surface area contributed by atoms with Gasteiger partial charge in [0.1, 0.15) is 0 Å². The van der Waals surface area contributed by atoms with Crippen LogP contribution in [0.1, 0.15) is 67.1 Å². The van der Waals surface area contributed by atoms with Gasteiger partial charge in [-0.25, -0.2) is 15.0 Å². The molecule has 226 valence electrons. The van der Waals surface area contributed by atoms with E-state index in [1.807, 2.05) is 24.3 Å². The van der Waals surface area contributed by atoms with Crippen molar-refractivity contribution in [3.63, 3.8) is 0 Å². The van der Waals surface area contributed by atoms with Crippen LogP contribution < -0.4 is 0 Å². The maximum Gasteiger partial charge on any atom is 0.164 e. The third-order valence-electron chi connectivity index (χ3n) is 9.14. The van der Waals surface area contributed by atoms with Crippen LogP contribution in [0.5, 0.6) is 0 Å². The molecule has 0 fully saturated rings. The van der Waals surface area contributed by atoms with Crippen molar-refractivity contribution < 1.29 is 0 Å². The molecule has 0 aliphatic heterocycles. The first-order valence-electron chi connectivity index (χ1n) is 16.3. The molecular formula is C43H39N3. The van der Waals surface area contributed by atoms with Crippen molar-refractivity contribution in [3.8, 4) is 22.8 Å². The fourth-order valence-corrected chi connectivity index (χ4v) is 6.53. The second-order valence-corrected chi connectivity index (χ2v) is 12.9. The van der Waals surface area contributed by atoms with E-state index in [-0.39, 0.29) is 5.41 Å². The Morgan fingerprint density at radius 2 is 1.43 bits per heavy atom. The van der Waals surface area contributed by atoms with Crippen LogP contribution in [0.25, 0.3) is 33.9 Å². The molecule has 0 saturated heterocycles. The predicted molar refractivity (Wildman–Crippen MR) is 192 cm³/mol. The fourth-order valence-electron chi connectivity index (χ4n) is 6.53. The van der Waals surface area contributed by atoms with Crippen LogP contribution in [0.2, 0.25) is 0 Å². The van der Waals surface area contributed by atoms with Gasteiger partial charge in [0, 0.05) is 22.6 Å². The first-order chi connectivity index (χ1) is 22.5. The van der Waals surface area contributed by atoms with Gasteiger partial charge in [-0.2, -0.15) is 0 Å². The summed E-state index contributed by atoms with van der Waals surface area (Å²) in [6.45, 7) is 4.74. The number of nitrogens with zero attached hydrogens (tertiary/aromatic N) is 3. The molecule has 0 amide bonds. The summed E-state index contributed by atoms with van der Waals surface area (Å²) < 4.78 is 0. The molecule has 1 unspecified atom stereocenters. The Kier molecular flexibility index (Phi) is 8.39. The Morgan fingerprint density at radius 3 is 2.33 bits per heavy atom. The van der Waals surface area contributed by atoms with Gasteiger partial charge in [-0.15, -0.1) is 0 Å². The topological polar surface area (TPSA) is 38.7 Å². The molecule has 3 nitrogen and oxygen atoms in total. The largest absolute Gasteiger partial charge is 0.208 e. The first kappa shape index (κ1) is 29.6. The van der Waals surface area contributed by atoms with E-state index in [0.717, 1.165) is 42.4 Å². The predicted octanol–water partition coefficient (Wildman–Crippen LogP) is 10.6. The van der Waals surface area contributed by atoms with E-state index in [2.05, 4.69) is 135 Å². The second-order valence-electron chi connectivity index (χ2n) is 12.9. The van der Waals surface area contributed by atoms with Gasteiger partial charge >= 0.3 is 0 Å². The van der Waals surface area contributed by atoms with Crippen LogP contribution >= 0.6 is 0 Å². The molecule has 3 aliphatic carbocycles. The number of rotatable bonds is 5. The lowest BCUT2D eigenvalue weighted by atomic mass is 9.76. The minimum absolute atomic E-state index is 0.0837. The highest BCUT2D eigenvalue weighted by atomic mass is 15.0. The fraction of sp³-hybridized carbons (Fsp3) is 0.186. The Hall–Kier alpha value is -5.15. The first-order valence-corrected chi connectivity index (χ1v) is 16.3. The molecule has 3 aromatic carbocycles. The van der Waals surface area contributed by atoms with E-state index in [1.165, 1.54) is 27.8 Å². The van der Waals surface area contributed by atoms with Crippen molar-refractivity contribution >= 4 is 11.1 Å². The van der Waals surface area contributed by atoms with Gasteiger partial charge in [0.25, 0.3) is 0 Å². The summed E-state index contributed by atoms with van der Waals surface area (Å²) in [5.41, 5.74) is 9.84. The summed E-state index contributed by atoms with van der Waals surface area (Å²) in [6, 6.07) is 26.0. The molecule has 1 atom stereocenters. The maximum atomic E-state index is 5.01. The van der Waals surface area contributed by atoms with E-state index in [0.29, 0.717) is 23.4 Å². The van der Waals surface area contributed by atoms with E-state index < -0.39 is 0 Å². The van der Waals surface area contributed by atoms with E-state index in [9.17, 15) is 0 Å². The number of fused-ring (bicyclic) bond motifs is 1. The zero-order chi connectivity index (χ0) is 31.3. The summed E-state index contributed by atoms with van der Waals surface area (Å²) in [6.07, 6.45) is 30.1. The zero-order valence-electron chi connectivity index (χ0n) is 26.6. The minimum Gasteiger partial charge on any atom is -0.208 e. The number of benzene rings is 3. The number of hydrogen-bond donors (Lipinski definition) is 0. The SMILES string of the molecule is CC1(C)C/C=C\C=C/Cc2ccc(C3C=CC=C(c4cccc(-c5nc(C6=CCC=CC=C6)nc(-c6ccccc6)n5)c4)C3)cc21. The molecule has 1 heterocycles. The molecule has 3 heteroatoms. The van der Waals surface area contributed by atoms with Crippen molar-refractivity contribution in [3.05, 3.63) is 174 Å². The molecule has 0 radical (unpaired) electrons. The second kappa shape index (κ2) is 13.1. The van der Waals surface area contributed by atoms with E-state index in [4.69, 9.17) is 15.0 Å². The molecule has 3 aliphatic rings. The van der Waals surface area contributed by atoms with Gasteiger partial charge in [-0.05, 0) is 65.0 Å². The standard InChI is InChI=1S/C43H39N3/c1-43(2)27-13-6-5-8-16-31-25-26-37(30-39(31)43)35-22-14-21-34(28-35)36-23-15-24-38(29-36)42-45-40(32-17-9-3-4-10-18-32)44-41(46-42)33-19-11-7-12-20-33/h3-9,11-15,17-26,29-30,35H,10,16,27-28H2,1-2H3/b8-5-,13-6-. The lowest BCUT2D eigenvalue weighted by Gasteiger charge is -2.28. The molecule has 0 spiro atoms. The molecule has 4 aromatic rings. The Labute approximate surface area is 272 Å². The third-order valence-corrected chi connectivity index (χ3v) is 9.14. The van der Waals surface area contributed by atoms with Gasteiger partial charge in [0.05, 0.1) is 0 Å². The number of hydrogen-bond acceptors (Lipinski definition) is 3. The molecule has 0 bridgehead atoms. The summed E-state index contributed by atoms with van der Waals surface area (Å²) in [5.74, 6) is 2.38. The smallest absolute Gasteiger partial charge is 0.164 e. The summed E-state index contributed by atoms with van der Waals surface area (Å²) in [5, 5.41) is 0. The molecular weight excluding hydrogens is 558 g/mol. The van der Waals surface area contributed by atoms with Crippen LogP contribution in [-0.4, -0.2) is 15.0 Å². The van der Waals surface area contributed by atoms with Gasteiger partial charge in [-0.1, -0.05) is 153 Å². The third kappa shape index (κ3) is 6.46. The summed E-state index contributed by atoms with van der Waals surface area (Å²) >= 11 is 0. The number of aromatic nitrogens is 3. The lowest BCUT2D eigenvalue weighted by Crippen LogP contribution is -2.19. The summed E-state index contributed by atoms with van der Waals surface area (Å²) in [7, 11) is 0. The van der Waals surface area contributed by atoms with Crippen LogP contribution in [-0.2, 0) is 11.8 Å². The van der Waals surface area contributed by atoms with Gasteiger partial charge in [0.15, 0.2) is 17.5 Å². The van der Waals surface area contributed by atoms with E-state index >= 15 is 0 Å².